The summed E-state index contributed by atoms with van der Waals surface area (Å²) in [7, 11) is 1.94. The summed E-state index contributed by atoms with van der Waals surface area (Å²) in [5.74, 6) is 0.00814. The summed E-state index contributed by atoms with van der Waals surface area (Å²) in [6, 6.07) is 12.5. The van der Waals surface area contributed by atoms with Crippen molar-refractivity contribution in [3.8, 4) is 6.07 Å². The number of ketones is 1. The highest BCUT2D eigenvalue weighted by Crippen LogP contribution is 2.51. The highest BCUT2D eigenvalue weighted by molar-refractivity contribution is 6.02. The van der Waals surface area contributed by atoms with Crippen LogP contribution in [-0.4, -0.2) is 15.6 Å². The van der Waals surface area contributed by atoms with Crippen molar-refractivity contribution in [1.82, 2.24) is 9.78 Å². The maximum absolute atomic E-state index is 12.6. The first-order valence-corrected chi connectivity index (χ1v) is 8.79. The lowest BCUT2D eigenvalue weighted by Gasteiger charge is -2.46. The van der Waals surface area contributed by atoms with E-state index in [9.17, 15) is 10.1 Å². The number of carbonyl (C=O) groups is 1. The van der Waals surface area contributed by atoms with E-state index in [2.05, 4.69) is 24.4 Å². The molecular formula is C21H21N3O. The molecule has 1 heterocycles. The Labute approximate surface area is 147 Å². The second kappa shape index (κ2) is 5.70. The van der Waals surface area contributed by atoms with E-state index >= 15 is 0 Å². The van der Waals surface area contributed by atoms with E-state index in [-0.39, 0.29) is 28.6 Å². The van der Waals surface area contributed by atoms with Crippen molar-refractivity contribution in [2.75, 3.05) is 0 Å². The molecule has 0 spiro atoms. The van der Waals surface area contributed by atoms with Crippen molar-refractivity contribution >= 4 is 5.78 Å². The lowest BCUT2D eigenvalue weighted by Crippen LogP contribution is -2.48. The smallest absolute Gasteiger partial charge is 0.176 e. The molecule has 0 bridgehead atoms. The van der Waals surface area contributed by atoms with Gasteiger partial charge >= 0.3 is 0 Å². The number of allylic oxidation sites excluding steroid dienone is 2. The van der Waals surface area contributed by atoms with Gasteiger partial charge in [-0.2, -0.15) is 10.4 Å². The van der Waals surface area contributed by atoms with Crippen LogP contribution in [0.2, 0.25) is 0 Å². The zero-order chi connectivity index (χ0) is 17.6. The Hall–Kier alpha value is -2.67. The van der Waals surface area contributed by atoms with E-state index in [4.69, 9.17) is 5.10 Å². The van der Waals surface area contributed by atoms with Crippen LogP contribution in [0.3, 0.4) is 0 Å². The molecule has 4 heteroatoms. The minimum atomic E-state index is -0.380. The molecule has 126 valence electrons. The summed E-state index contributed by atoms with van der Waals surface area (Å²) in [4.78, 5) is 12.6. The average molecular weight is 331 g/mol. The molecule has 25 heavy (non-hydrogen) atoms. The molecule has 2 aromatic rings. The Morgan fingerprint density at radius 2 is 2.12 bits per heavy atom. The lowest BCUT2D eigenvalue weighted by atomic mass is 9.55. The molecule has 3 atom stereocenters. The number of Topliss-reactive ketones (excluding diaryl/α,β-unsaturated/α-hetero) is 1. The summed E-state index contributed by atoms with van der Waals surface area (Å²) < 4.78 is 1.86. The van der Waals surface area contributed by atoms with Gasteiger partial charge in [0.2, 0.25) is 0 Å². The molecule has 0 saturated heterocycles. The molecule has 4 rings (SSSR count). The number of aromatic nitrogens is 2. The maximum atomic E-state index is 12.6. The van der Waals surface area contributed by atoms with Crippen molar-refractivity contribution in [2.24, 2.45) is 18.9 Å². The minimum absolute atomic E-state index is 0.0180. The van der Waals surface area contributed by atoms with E-state index < -0.39 is 0 Å². The van der Waals surface area contributed by atoms with Crippen LogP contribution in [0.15, 0.2) is 48.2 Å². The van der Waals surface area contributed by atoms with Gasteiger partial charge in [0.15, 0.2) is 5.78 Å². The van der Waals surface area contributed by atoms with E-state index in [1.54, 1.807) is 0 Å². The summed E-state index contributed by atoms with van der Waals surface area (Å²) in [6.07, 6.45) is 6.67. The Morgan fingerprint density at radius 3 is 2.84 bits per heavy atom. The van der Waals surface area contributed by atoms with Crippen molar-refractivity contribution in [3.63, 3.8) is 0 Å². The van der Waals surface area contributed by atoms with E-state index in [1.165, 1.54) is 11.1 Å². The number of rotatable bonds is 2. The van der Waals surface area contributed by atoms with E-state index in [0.29, 0.717) is 0 Å². The van der Waals surface area contributed by atoms with Crippen LogP contribution in [-0.2, 0) is 30.1 Å². The zero-order valence-electron chi connectivity index (χ0n) is 14.6. The Balaban J connectivity index is 1.96. The van der Waals surface area contributed by atoms with Gasteiger partial charge in [-0.3, -0.25) is 9.48 Å². The van der Waals surface area contributed by atoms with Gasteiger partial charge in [0.25, 0.3) is 0 Å². The SMILES string of the molecule is CC1C(=O)C(C#N)=C[C@]2(Cc3ccccc3)c3nn(C)cc3CCC12. The number of nitriles is 1. The largest absolute Gasteiger partial charge is 0.293 e. The third-order valence-electron chi connectivity index (χ3n) is 5.88. The fourth-order valence-electron chi connectivity index (χ4n) is 4.77. The Bertz CT molecular complexity index is 903. The fraction of sp³-hybridized carbons (Fsp3) is 0.381. The molecule has 0 saturated carbocycles. The van der Waals surface area contributed by atoms with Gasteiger partial charge in [-0.25, -0.2) is 0 Å². The predicted octanol–water partition coefficient (Wildman–Crippen LogP) is 3.13. The number of aryl methyl sites for hydroxylation is 2. The highest BCUT2D eigenvalue weighted by Gasteiger charge is 2.52. The predicted molar refractivity (Wildman–Crippen MR) is 94.7 cm³/mol. The summed E-state index contributed by atoms with van der Waals surface area (Å²) >= 11 is 0. The van der Waals surface area contributed by atoms with Crippen molar-refractivity contribution in [3.05, 3.63) is 65.0 Å². The standard InChI is InChI=1S/C21H21N3O/c1-14-18-9-8-16-13-24(2)23-20(16)21(18,11-17(12-22)19(14)25)10-15-6-4-3-5-7-15/h3-7,11,13-14,18H,8-10H2,1-2H3/t14?,18?,21-/m0/s1. The second-order valence-corrected chi connectivity index (χ2v) is 7.35. The molecule has 0 N–H and O–H groups in total. The topological polar surface area (TPSA) is 58.7 Å². The molecule has 2 aliphatic carbocycles. The van der Waals surface area contributed by atoms with Crippen LogP contribution >= 0.6 is 0 Å². The minimum Gasteiger partial charge on any atom is -0.293 e. The first kappa shape index (κ1) is 15.8. The number of fused-ring (bicyclic) bond motifs is 3. The van der Waals surface area contributed by atoms with E-state index in [0.717, 1.165) is 25.0 Å². The highest BCUT2D eigenvalue weighted by atomic mass is 16.1. The summed E-state index contributed by atoms with van der Waals surface area (Å²) in [6.45, 7) is 1.98. The molecule has 2 aliphatic rings. The number of nitrogens with zero attached hydrogens (tertiary/aromatic N) is 3. The molecule has 4 nitrogen and oxygen atoms in total. The van der Waals surface area contributed by atoms with Crippen molar-refractivity contribution in [1.29, 1.82) is 5.26 Å². The van der Waals surface area contributed by atoms with Crippen molar-refractivity contribution in [2.45, 2.75) is 31.6 Å². The van der Waals surface area contributed by atoms with Crippen LogP contribution < -0.4 is 0 Å². The zero-order valence-corrected chi connectivity index (χ0v) is 14.6. The maximum Gasteiger partial charge on any atom is 0.176 e. The third kappa shape index (κ3) is 2.34. The van der Waals surface area contributed by atoms with Gasteiger partial charge in [-0.15, -0.1) is 0 Å². The number of benzene rings is 1. The summed E-state index contributed by atoms with van der Waals surface area (Å²) in [5.41, 5.74) is 3.40. The van der Waals surface area contributed by atoms with Crippen LogP contribution in [0.25, 0.3) is 0 Å². The van der Waals surface area contributed by atoms with Crippen LogP contribution in [0.5, 0.6) is 0 Å². The molecule has 0 aliphatic heterocycles. The average Bonchev–Trinajstić information content (AvgIpc) is 3.01. The van der Waals surface area contributed by atoms with Gasteiger partial charge in [-0.05, 0) is 36.3 Å². The lowest BCUT2D eigenvalue weighted by molar-refractivity contribution is -0.121. The molecule has 1 aromatic carbocycles. The Morgan fingerprint density at radius 1 is 1.36 bits per heavy atom. The molecule has 0 amide bonds. The Kier molecular flexibility index (Phi) is 3.61. The van der Waals surface area contributed by atoms with Crippen molar-refractivity contribution < 1.29 is 4.79 Å². The quantitative estimate of drug-likeness (QED) is 0.849. The molecular weight excluding hydrogens is 310 g/mol. The van der Waals surface area contributed by atoms with Crippen LogP contribution in [0.1, 0.15) is 30.2 Å². The van der Waals surface area contributed by atoms with E-state index in [1.807, 2.05) is 42.9 Å². The molecule has 0 radical (unpaired) electrons. The monoisotopic (exact) mass is 331 g/mol. The van der Waals surface area contributed by atoms with Gasteiger partial charge in [0.05, 0.1) is 11.3 Å². The summed E-state index contributed by atoms with van der Waals surface area (Å²) in [5, 5.41) is 14.3. The van der Waals surface area contributed by atoms with Gasteiger partial charge in [0, 0.05) is 24.6 Å². The molecule has 0 fully saturated rings. The van der Waals surface area contributed by atoms with Gasteiger partial charge < -0.3 is 0 Å². The molecule has 1 aromatic heterocycles. The van der Waals surface area contributed by atoms with Crippen LogP contribution in [0, 0.1) is 23.2 Å². The fourth-order valence-corrected chi connectivity index (χ4v) is 4.77. The van der Waals surface area contributed by atoms with Gasteiger partial charge in [-0.1, -0.05) is 43.3 Å². The second-order valence-electron chi connectivity index (χ2n) is 7.35. The normalized spacial score (nSPS) is 27.9. The third-order valence-corrected chi connectivity index (χ3v) is 5.88. The number of hydrogen-bond donors (Lipinski definition) is 0. The first-order valence-electron chi connectivity index (χ1n) is 8.79. The number of carbonyl (C=O) groups excluding carboxylic acids is 1. The first-order chi connectivity index (χ1) is 12.0. The van der Waals surface area contributed by atoms with Crippen LogP contribution in [0.4, 0.5) is 0 Å². The molecule has 2 unspecified atom stereocenters. The van der Waals surface area contributed by atoms with Gasteiger partial charge in [0.1, 0.15) is 6.07 Å². The number of hydrogen-bond acceptors (Lipinski definition) is 3.